The number of hydrogen-bond acceptors (Lipinski definition) is 2. The molecule has 1 rings (SSSR count). The molecule has 2 heteroatoms. The molecule has 1 aliphatic rings. The fourth-order valence-corrected chi connectivity index (χ4v) is 1.95. The molecule has 0 bridgehead atoms. The van der Waals surface area contributed by atoms with Crippen LogP contribution in [0.25, 0.3) is 0 Å². The standard InChI is InChI=1S/C11H18N2/c1-4-5-10(3)13-8-9(2)6-11(13)7-12/h9,11H,3-6,8H2,1-2H3. The van der Waals surface area contributed by atoms with Gasteiger partial charge in [0, 0.05) is 12.2 Å². The van der Waals surface area contributed by atoms with E-state index in [1.165, 1.54) is 0 Å². The smallest absolute Gasteiger partial charge is 0.117 e. The second-order valence-corrected chi connectivity index (χ2v) is 3.95. The lowest BCUT2D eigenvalue weighted by molar-refractivity contribution is 0.352. The molecule has 2 unspecified atom stereocenters. The monoisotopic (exact) mass is 178 g/mol. The molecule has 0 N–H and O–H groups in total. The molecular weight excluding hydrogens is 160 g/mol. The van der Waals surface area contributed by atoms with Gasteiger partial charge in [0.1, 0.15) is 6.04 Å². The molecule has 1 aliphatic heterocycles. The Balaban J connectivity index is 2.58. The topological polar surface area (TPSA) is 27.0 Å². The van der Waals surface area contributed by atoms with Crippen LogP contribution in [0.3, 0.4) is 0 Å². The van der Waals surface area contributed by atoms with Gasteiger partial charge in [0.05, 0.1) is 6.07 Å². The van der Waals surface area contributed by atoms with E-state index in [1.54, 1.807) is 0 Å². The highest BCUT2D eigenvalue weighted by Crippen LogP contribution is 2.27. The minimum absolute atomic E-state index is 0.0778. The number of nitriles is 1. The lowest BCUT2D eigenvalue weighted by atomic mass is 10.1. The van der Waals surface area contributed by atoms with E-state index in [1.807, 2.05) is 0 Å². The SMILES string of the molecule is C=C(CCC)N1CC(C)CC1C#N. The molecule has 1 saturated heterocycles. The second-order valence-electron chi connectivity index (χ2n) is 3.95. The Morgan fingerprint density at radius 3 is 2.92 bits per heavy atom. The third kappa shape index (κ3) is 2.24. The zero-order valence-electron chi connectivity index (χ0n) is 8.58. The quantitative estimate of drug-likeness (QED) is 0.664. The Morgan fingerprint density at radius 1 is 1.69 bits per heavy atom. The van der Waals surface area contributed by atoms with Gasteiger partial charge in [-0.3, -0.25) is 0 Å². The van der Waals surface area contributed by atoms with E-state index >= 15 is 0 Å². The highest BCUT2D eigenvalue weighted by atomic mass is 15.2. The van der Waals surface area contributed by atoms with Crippen LogP contribution in [-0.4, -0.2) is 17.5 Å². The molecule has 0 radical (unpaired) electrons. The normalized spacial score (nSPS) is 27.3. The van der Waals surface area contributed by atoms with Gasteiger partial charge in [0.2, 0.25) is 0 Å². The molecule has 0 aromatic rings. The summed E-state index contributed by atoms with van der Waals surface area (Å²) in [6.45, 7) is 9.39. The first kappa shape index (κ1) is 10.1. The number of nitrogens with zero attached hydrogens (tertiary/aromatic N) is 2. The average Bonchev–Trinajstić information content (AvgIpc) is 2.47. The molecule has 0 aromatic carbocycles. The summed E-state index contributed by atoms with van der Waals surface area (Å²) < 4.78 is 0. The van der Waals surface area contributed by atoms with Gasteiger partial charge in [-0.2, -0.15) is 5.26 Å². The van der Waals surface area contributed by atoms with Crippen LogP contribution < -0.4 is 0 Å². The van der Waals surface area contributed by atoms with E-state index in [0.29, 0.717) is 5.92 Å². The van der Waals surface area contributed by atoms with Crippen molar-refractivity contribution in [2.75, 3.05) is 6.54 Å². The van der Waals surface area contributed by atoms with Crippen molar-refractivity contribution in [2.45, 2.75) is 39.2 Å². The zero-order chi connectivity index (χ0) is 9.84. The van der Waals surface area contributed by atoms with Crippen molar-refractivity contribution in [3.8, 4) is 6.07 Å². The number of rotatable bonds is 3. The summed E-state index contributed by atoms with van der Waals surface area (Å²) in [6, 6.07) is 2.43. The fourth-order valence-electron chi connectivity index (χ4n) is 1.95. The van der Waals surface area contributed by atoms with Gasteiger partial charge in [-0.1, -0.05) is 26.8 Å². The van der Waals surface area contributed by atoms with E-state index in [4.69, 9.17) is 5.26 Å². The first-order valence-electron chi connectivity index (χ1n) is 5.03. The molecule has 0 aliphatic carbocycles. The van der Waals surface area contributed by atoms with E-state index in [9.17, 15) is 0 Å². The number of likely N-dealkylation sites (tertiary alicyclic amines) is 1. The van der Waals surface area contributed by atoms with E-state index < -0.39 is 0 Å². The second kappa shape index (κ2) is 4.32. The Kier molecular flexibility index (Phi) is 3.36. The summed E-state index contributed by atoms with van der Waals surface area (Å²) in [5, 5.41) is 8.94. The van der Waals surface area contributed by atoms with Crippen LogP contribution in [0, 0.1) is 17.2 Å². The predicted molar refractivity (Wildman–Crippen MR) is 53.9 cm³/mol. The summed E-state index contributed by atoms with van der Waals surface area (Å²) in [5.74, 6) is 0.637. The summed E-state index contributed by atoms with van der Waals surface area (Å²) in [6.07, 6.45) is 3.13. The van der Waals surface area contributed by atoms with Crippen LogP contribution in [0.4, 0.5) is 0 Å². The van der Waals surface area contributed by atoms with Crippen molar-refractivity contribution in [1.29, 1.82) is 5.26 Å². The van der Waals surface area contributed by atoms with E-state index in [0.717, 1.165) is 31.5 Å². The van der Waals surface area contributed by atoms with Gasteiger partial charge >= 0.3 is 0 Å². The van der Waals surface area contributed by atoms with Crippen molar-refractivity contribution in [3.05, 3.63) is 12.3 Å². The Labute approximate surface area is 80.8 Å². The molecule has 1 heterocycles. The summed E-state index contributed by atoms with van der Waals surface area (Å²) >= 11 is 0. The molecule has 72 valence electrons. The van der Waals surface area contributed by atoms with E-state index in [2.05, 4.69) is 31.4 Å². The van der Waals surface area contributed by atoms with Crippen LogP contribution in [0.1, 0.15) is 33.1 Å². The third-order valence-electron chi connectivity index (χ3n) is 2.60. The summed E-state index contributed by atoms with van der Waals surface area (Å²) in [7, 11) is 0. The van der Waals surface area contributed by atoms with Gasteiger partial charge in [0.15, 0.2) is 0 Å². The highest BCUT2D eigenvalue weighted by molar-refractivity contribution is 5.08. The van der Waals surface area contributed by atoms with Gasteiger partial charge in [-0.25, -0.2) is 0 Å². The molecule has 0 aromatic heterocycles. The van der Waals surface area contributed by atoms with Crippen LogP contribution in [0.5, 0.6) is 0 Å². The third-order valence-corrected chi connectivity index (χ3v) is 2.60. The largest absolute Gasteiger partial charge is 0.359 e. The Morgan fingerprint density at radius 2 is 2.38 bits per heavy atom. The number of allylic oxidation sites excluding steroid dienone is 1. The molecule has 2 atom stereocenters. The van der Waals surface area contributed by atoms with Crippen molar-refractivity contribution in [1.82, 2.24) is 4.90 Å². The molecule has 0 saturated carbocycles. The molecule has 0 spiro atoms. The predicted octanol–water partition coefficient (Wildman–Crippen LogP) is 2.53. The molecule has 0 amide bonds. The van der Waals surface area contributed by atoms with Crippen molar-refractivity contribution < 1.29 is 0 Å². The molecule has 1 fully saturated rings. The number of hydrogen-bond donors (Lipinski definition) is 0. The fraction of sp³-hybridized carbons (Fsp3) is 0.727. The minimum atomic E-state index is 0.0778. The first-order valence-corrected chi connectivity index (χ1v) is 5.03. The van der Waals surface area contributed by atoms with Gasteiger partial charge in [0.25, 0.3) is 0 Å². The lowest BCUT2D eigenvalue weighted by Crippen LogP contribution is -2.27. The zero-order valence-corrected chi connectivity index (χ0v) is 8.58. The molecule has 2 nitrogen and oxygen atoms in total. The molecular formula is C11H18N2. The Bertz CT molecular complexity index is 227. The van der Waals surface area contributed by atoms with Crippen molar-refractivity contribution in [3.63, 3.8) is 0 Å². The maximum atomic E-state index is 8.94. The summed E-state index contributed by atoms with van der Waals surface area (Å²) in [5.41, 5.74) is 1.14. The maximum absolute atomic E-state index is 8.94. The van der Waals surface area contributed by atoms with Crippen LogP contribution >= 0.6 is 0 Å². The minimum Gasteiger partial charge on any atom is -0.359 e. The van der Waals surface area contributed by atoms with Crippen molar-refractivity contribution >= 4 is 0 Å². The maximum Gasteiger partial charge on any atom is 0.117 e. The molecule has 13 heavy (non-hydrogen) atoms. The first-order chi connectivity index (χ1) is 6.19. The summed E-state index contributed by atoms with van der Waals surface area (Å²) in [4.78, 5) is 2.17. The van der Waals surface area contributed by atoms with Crippen LogP contribution in [0.15, 0.2) is 12.3 Å². The lowest BCUT2D eigenvalue weighted by Gasteiger charge is -2.23. The van der Waals surface area contributed by atoms with Crippen LogP contribution in [-0.2, 0) is 0 Å². The van der Waals surface area contributed by atoms with Gasteiger partial charge in [-0.05, 0) is 18.8 Å². The Hall–Kier alpha value is -0.970. The van der Waals surface area contributed by atoms with Crippen molar-refractivity contribution in [2.24, 2.45) is 5.92 Å². The average molecular weight is 178 g/mol. The van der Waals surface area contributed by atoms with E-state index in [-0.39, 0.29) is 6.04 Å². The van der Waals surface area contributed by atoms with Gasteiger partial charge < -0.3 is 4.90 Å². The highest BCUT2D eigenvalue weighted by Gasteiger charge is 2.29. The van der Waals surface area contributed by atoms with Crippen LogP contribution in [0.2, 0.25) is 0 Å². The van der Waals surface area contributed by atoms with Gasteiger partial charge in [-0.15, -0.1) is 0 Å².